The van der Waals surface area contributed by atoms with Crippen molar-refractivity contribution < 1.29 is 0 Å². The average Bonchev–Trinajstić information content (AvgIpc) is 1.97. The molecule has 0 spiro atoms. The molecule has 0 N–H and O–H groups in total. The second-order valence-corrected chi connectivity index (χ2v) is 4.71. The molecule has 0 saturated heterocycles. The maximum absolute atomic E-state index is 4.90. The van der Waals surface area contributed by atoms with Gasteiger partial charge in [0.1, 0.15) is 0 Å². The molecule has 0 heterocycles. The molecule has 1 radical (unpaired) electrons. The van der Waals surface area contributed by atoms with Crippen molar-refractivity contribution in [3.8, 4) is 0 Å². The van der Waals surface area contributed by atoms with Crippen molar-refractivity contribution in [2.45, 2.75) is 6.92 Å². The summed E-state index contributed by atoms with van der Waals surface area (Å²) in [5.74, 6) is 0. The highest BCUT2D eigenvalue weighted by Crippen LogP contribution is 1.99. The summed E-state index contributed by atoms with van der Waals surface area (Å²) in [5, 5.41) is 0. The van der Waals surface area contributed by atoms with E-state index in [0.29, 0.717) is 0 Å². The van der Waals surface area contributed by atoms with Gasteiger partial charge >= 0.3 is 18.2 Å². The summed E-state index contributed by atoms with van der Waals surface area (Å²) < 4.78 is 0. The smallest absolute Gasteiger partial charge is 0.309 e. The molecular weight excluding hydrogens is 191 g/mol. The summed E-state index contributed by atoms with van der Waals surface area (Å²) >= 11 is -0.639. The van der Waals surface area contributed by atoms with E-state index in [1.807, 2.05) is 12.1 Å². The van der Waals surface area contributed by atoms with E-state index in [1.54, 1.807) is 0 Å². The zero-order valence-electron chi connectivity index (χ0n) is 6.48. The van der Waals surface area contributed by atoms with E-state index >= 15 is 0 Å². The van der Waals surface area contributed by atoms with Crippen molar-refractivity contribution in [2.75, 3.05) is 0 Å². The van der Waals surface area contributed by atoms with Gasteiger partial charge in [-0.1, -0.05) is 29.8 Å². The fourth-order valence-corrected chi connectivity index (χ4v) is 0.588. The fourth-order valence-electron chi connectivity index (χ4n) is 0.588. The Morgan fingerprint density at radius 3 is 1.82 bits per heavy atom. The van der Waals surface area contributed by atoms with Gasteiger partial charge in [-0.15, -0.1) is 0 Å². The van der Waals surface area contributed by atoms with Crippen molar-refractivity contribution >= 4 is 36.3 Å². The van der Waals surface area contributed by atoms with Crippen LogP contribution in [0.15, 0.2) is 24.3 Å². The minimum atomic E-state index is -0.639. The highest BCUT2D eigenvalue weighted by Gasteiger charge is 1.80. The molecule has 57 valence electrons. The average molecular weight is 200 g/mol. The maximum Gasteiger partial charge on any atom is 0.618 e. The first-order valence-corrected chi connectivity index (χ1v) is 7.49. The first kappa shape index (κ1) is 11.6. The minimum absolute atomic E-state index is 0.639. The fraction of sp³-hybridized carbons (Fsp3) is 0.125. The lowest BCUT2D eigenvalue weighted by Gasteiger charge is -1.89. The summed E-state index contributed by atoms with van der Waals surface area (Å²) in [5.41, 5.74) is 2.37. The highest BCUT2D eigenvalue weighted by atomic mass is 35.6. The first-order valence-electron chi connectivity index (χ1n) is 3.21. The third-order valence-corrected chi connectivity index (χ3v) is 1.12. The van der Waals surface area contributed by atoms with Crippen LogP contribution in [0.1, 0.15) is 11.1 Å². The van der Waals surface area contributed by atoms with Crippen LogP contribution < -0.4 is 0 Å². The molecule has 0 aromatic heterocycles. The number of halogens is 2. The molecule has 0 saturated carbocycles. The zero-order valence-corrected chi connectivity index (χ0v) is 9.41. The van der Waals surface area contributed by atoms with Crippen molar-refractivity contribution in [2.24, 2.45) is 0 Å². The first-order chi connectivity index (χ1) is 5.20. The van der Waals surface area contributed by atoms with E-state index < -0.39 is 18.2 Å². The predicted octanol–water partition coefficient (Wildman–Crippen LogP) is 3.18. The largest absolute Gasteiger partial charge is 0.618 e. The van der Waals surface area contributed by atoms with E-state index in [0.717, 1.165) is 5.56 Å². The molecule has 1 aromatic rings. The SMILES string of the molecule is [CH2]c1ccc(C)cc1.[Cl][Mg][Cl]. The van der Waals surface area contributed by atoms with Crippen LogP contribution in [-0.2, 0) is 0 Å². The van der Waals surface area contributed by atoms with Crippen LogP contribution in [0.25, 0.3) is 0 Å². The molecule has 0 aliphatic rings. The molecule has 0 fully saturated rings. The Kier molecular flexibility index (Phi) is 7.60. The van der Waals surface area contributed by atoms with Gasteiger partial charge in [-0.05, 0) is 19.4 Å². The lowest BCUT2D eigenvalue weighted by Crippen LogP contribution is -1.70. The Labute approximate surface area is 85.2 Å². The molecule has 1 rings (SSSR count). The Balaban J connectivity index is 0.000000292. The van der Waals surface area contributed by atoms with Gasteiger partial charge in [-0.2, -0.15) is 0 Å². The van der Waals surface area contributed by atoms with Gasteiger partial charge in [0.05, 0.1) is 0 Å². The van der Waals surface area contributed by atoms with Gasteiger partial charge in [0.2, 0.25) is 0 Å². The van der Waals surface area contributed by atoms with E-state index in [-0.39, 0.29) is 0 Å². The third-order valence-electron chi connectivity index (χ3n) is 1.12. The van der Waals surface area contributed by atoms with Crippen LogP contribution >= 0.6 is 18.1 Å². The van der Waals surface area contributed by atoms with Crippen LogP contribution in [0.5, 0.6) is 0 Å². The second kappa shape index (κ2) is 7.23. The van der Waals surface area contributed by atoms with Gasteiger partial charge in [0.25, 0.3) is 0 Å². The van der Waals surface area contributed by atoms with Crippen LogP contribution in [-0.4, -0.2) is 18.2 Å². The van der Waals surface area contributed by atoms with Crippen molar-refractivity contribution in [3.05, 3.63) is 42.3 Å². The standard InChI is InChI=1S/C8H9.2ClH.Mg/c1-7-3-5-8(2)6-4-7;;;/h3-6H,1H2,2H3;2*1H;/q;;;+2/p-2. The molecule has 0 atom stereocenters. The summed E-state index contributed by atoms with van der Waals surface area (Å²) in [4.78, 5) is 0. The van der Waals surface area contributed by atoms with E-state index in [4.69, 9.17) is 18.1 Å². The lowest BCUT2D eigenvalue weighted by molar-refractivity contribution is 1.45. The van der Waals surface area contributed by atoms with Gasteiger partial charge in [0, 0.05) is 0 Å². The molecule has 0 amide bonds. The topological polar surface area (TPSA) is 0 Å². The van der Waals surface area contributed by atoms with Gasteiger partial charge in [-0.3, -0.25) is 0 Å². The summed E-state index contributed by atoms with van der Waals surface area (Å²) in [6, 6.07) is 8.13. The lowest BCUT2D eigenvalue weighted by atomic mass is 10.2. The second-order valence-electron chi connectivity index (χ2n) is 2.09. The van der Waals surface area contributed by atoms with Crippen LogP contribution in [0.2, 0.25) is 0 Å². The molecule has 0 unspecified atom stereocenters. The molecular formula is C8H9Cl2Mg. The number of rotatable bonds is 0. The van der Waals surface area contributed by atoms with Crippen LogP contribution in [0, 0.1) is 13.8 Å². The van der Waals surface area contributed by atoms with E-state index in [1.165, 1.54) is 5.56 Å². The highest BCUT2D eigenvalue weighted by molar-refractivity contribution is 7.22. The molecule has 0 bridgehead atoms. The monoisotopic (exact) mass is 199 g/mol. The zero-order chi connectivity index (χ0) is 8.69. The molecule has 3 heteroatoms. The number of hydrogen-bond acceptors (Lipinski definition) is 0. The summed E-state index contributed by atoms with van der Waals surface area (Å²) in [6.07, 6.45) is 0. The molecule has 1 aromatic carbocycles. The van der Waals surface area contributed by atoms with E-state index in [9.17, 15) is 0 Å². The van der Waals surface area contributed by atoms with Crippen LogP contribution in [0.4, 0.5) is 0 Å². The maximum atomic E-state index is 4.90. The number of hydrogen-bond donors (Lipinski definition) is 0. The quantitative estimate of drug-likeness (QED) is 0.564. The van der Waals surface area contributed by atoms with Gasteiger partial charge < -0.3 is 18.1 Å². The van der Waals surface area contributed by atoms with E-state index in [2.05, 4.69) is 26.0 Å². The van der Waals surface area contributed by atoms with Gasteiger partial charge in [-0.25, -0.2) is 0 Å². The summed E-state index contributed by atoms with van der Waals surface area (Å²) in [7, 11) is 9.81. The summed E-state index contributed by atoms with van der Waals surface area (Å²) in [6.45, 7) is 5.83. The van der Waals surface area contributed by atoms with Gasteiger partial charge in [0.15, 0.2) is 0 Å². The number of aryl methyl sites for hydroxylation is 1. The predicted molar refractivity (Wildman–Crippen MR) is 53.1 cm³/mol. The minimum Gasteiger partial charge on any atom is -0.309 e. The normalized spacial score (nSPS) is 7.64. The van der Waals surface area contributed by atoms with Crippen LogP contribution in [0.3, 0.4) is 0 Å². The van der Waals surface area contributed by atoms with Crippen molar-refractivity contribution in [1.29, 1.82) is 0 Å². The Morgan fingerprint density at radius 2 is 1.55 bits per heavy atom. The Bertz CT molecular complexity index is 163. The molecule has 0 aliphatic heterocycles. The third kappa shape index (κ3) is 6.94. The van der Waals surface area contributed by atoms with Crippen molar-refractivity contribution in [3.63, 3.8) is 0 Å². The van der Waals surface area contributed by atoms with Crippen molar-refractivity contribution in [1.82, 2.24) is 0 Å². The Hall–Kier alpha value is 0.566. The molecule has 11 heavy (non-hydrogen) atoms. The molecule has 0 aliphatic carbocycles. The Morgan fingerprint density at radius 1 is 1.18 bits per heavy atom. The number of benzene rings is 1. The molecule has 0 nitrogen and oxygen atoms in total.